The van der Waals surface area contributed by atoms with Crippen LogP contribution in [0.3, 0.4) is 0 Å². The number of hydrogen-bond acceptors (Lipinski definition) is 4. The summed E-state index contributed by atoms with van der Waals surface area (Å²) in [4.78, 5) is 13.3. The number of aliphatic hydroxyl groups is 1. The average Bonchev–Trinajstić information content (AvgIpc) is 2.39. The van der Waals surface area contributed by atoms with E-state index in [9.17, 15) is 9.90 Å². The summed E-state index contributed by atoms with van der Waals surface area (Å²) in [6, 6.07) is 7.29. The van der Waals surface area contributed by atoms with Gasteiger partial charge < -0.3 is 14.7 Å². The van der Waals surface area contributed by atoms with Crippen LogP contribution in [0.25, 0.3) is 0 Å². The summed E-state index contributed by atoms with van der Waals surface area (Å²) in [5.41, 5.74) is 1.63. The summed E-state index contributed by atoms with van der Waals surface area (Å²) in [6.45, 7) is 6.02. The number of nitrogens with zero attached hydrogens (tertiary/aromatic N) is 1. The normalized spacial score (nSPS) is 12.0. The van der Waals surface area contributed by atoms with Gasteiger partial charge in [-0.2, -0.15) is 0 Å². The van der Waals surface area contributed by atoms with Crippen LogP contribution in [-0.2, 0) is 9.53 Å². The van der Waals surface area contributed by atoms with Crippen LogP contribution >= 0.6 is 0 Å². The molecule has 4 nitrogen and oxygen atoms in total. The Kier molecular flexibility index (Phi) is 4.97. The zero-order chi connectivity index (χ0) is 12.8. The number of benzene rings is 1. The Bertz CT molecular complexity index is 357. The van der Waals surface area contributed by atoms with E-state index >= 15 is 0 Å². The molecule has 0 aromatic heterocycles. The van der Waals surface area contributed by atoms with E-state index in [1.807, 2.05) is 12.1 Å². The Labute approximate surface area is 102 Å². The molecule has 0 fully saturated rings. The maximum atomic E-state index is 11.2. The van der Waals surface area contributed by atoms with Gasteiger partial charge in [-0.25, -0.2) is 4.79 Å². The minimum atomic E-state index is -1.20. The highest BCUT2D eigenvalue weighted by atomic mass is 16.5. The fourth-order valence-electron chi connectivity index (χ4n) is 1.70. The van der Waals surface area contributed by atoms with E-state index in [0.717, 1.165) is 18.8 Å². The number of rotatable bonds is 5. The zero-order valence-electron chi connectivity index (χ0n) is 10.5. The first-order chi connectivity index (χ1) is 8.13. The van der Waals surface area contributed by atoms with Crippen molar-refractivity contribution in [2.24, 2.45) is 0 Å². The number of hydrogen-bond donors (Lipinski definition) is 1. The first-order valence-corrected chi connectivity index (χ1v) is 5.74. The Hall–Kier alpha value is -1.55. The van der Waals surface area contributed by atoms with Crippen molar-refractivity contribution in [2.45, 2.75) is 20.0 Å². The van der Waals surface area contributed by atoms with Crippen molar-refractivity contribution < 1.29 is 14.6 Å². The standard InChI is InChI=1S/C13H19NO3/c1-4-14(5-2)11-8-6-10(7-9-11)12(15)13(16)17-3/h6-9,12,15H,4-5H2,1-3H3. The summed E-state index contributed by atoms with van der Waals surface area (Å²) in [7, 11) is 1.26. The van der Waals surface area contributed by atoms with E-state index in [1.54, 1.807) is 12.1 Å². The van der Waals surface area contributed by atoms with Gasteiger partial charge in [-0.05, 0) is 31.5 Å². The van der Waals surface area contributed by atoms with Gasteiger partial charge in [0.25, 0.3) is 0 Å². The molecule has 0 heterocycles. The molecule has 0 saturated heterocycles. The Morgan fingerprint density at radius 3 is 2.24 bits per heavy atom. The van der Waals surface area contributed by atoms with Crippen LogP contribution in [0, 0.1) is 0 Å². The summed E-state index contributed by atoms with van der Waals surface area (Å²) < 4.78 is 4.49. The maximum absolute atomic E-state index is 11.2. The summed E-state index contributed by atoms with van der Waals surface area (Å²) in [5.74, 6) is -0.638. The highest BCUT2D eigenvalue weighted by Gasteiger charge is 2.17. The lowest BCUT2D eigenvalue weighted by Gasteiger charge is -2.21. The van der Waals surface area contributed by atoms with Gasteiger partial charge in [-0.1, -0.05) is 12.1 Å². The smallest absolute Gasteiger partial charge is 0.339 e. The predicted molar refractivity (Wildman–Crippen MR) is 67.0 cm³/mol. The molecule has 94 valence electrons. The topological polar surface area (TPSA) is 49.8 Å². The van der Waals surface area contributed by atoms with Gasteiger partial charge in [0.15, 0.2) is 6.10 Å². The third-order valence-corrected chi connectivity index (χ3v) is 2.76. The molecule has 1 aromatic rings. The second-order valence-corrected chi connectivity index (χ2v) is 3.69. The largest absolute Gasteiger partial charge is 0.467 e. The quantitative estimate of drug-likeness (QED) is 0.792. The molecule has 1 N–H and O–H groups in total. The van der Waals surface area contributed by atoms with Gasteiger partial charge in [-0.3, -0.25) is 0 Å². The van der Waals surface area contributed by atoms with Crippen molar-refractivity contribution in [3.05, 3.63) is 29.8 Å². The van der Waals surface area contributed by atoms with Crippen LogP contribution in [0.5, 0.6) is 0 Å². The SMILES string of the molecule is CCN(CC)c1ccc(C(O)C(=O)OC)cc1. The van der Waals surface area contributed by atoms with Gasteiger partial charge in [0.1, 0.15) is 0 Å². The second kappa shape index (κ2) is 6.25. The molecule has 1 rings (SSSR count). The first kappa shape index (κ1) is 13.5. The molecule has 4 heteroatoms. The molecule has 0 aliphatic rings. The summed E-state index contributed by atoms with van der Waals surface area (Å²) >= 11 is 0. The van der Waals surface area contributed by atoms with E-state index < -0.39 is 12.1 Å². The molecule has 0 bridgehead atoms. The lowest BCUT2D eigenvalue weighted by Crippen LogP contribution is -2.21. The van der Waals surface area contributed by atoms with Gasteiger partial charge in [-0.15, -0.1) is 0 Å². The summed E-state index contributed by atoms with van der Waals surface area (Å²) in [6.07, 6.45) is -1.20. The zero-order valence-corrected chi connectivity index (χ0v) is 10.5. The number of carbonyl (C=O) groups excluding carboxylic acids is 1. The number of methoxy groups -OCH3 is 1. The van der Waals surface area contributed by atoms with Gasteiger partial charge in [0.05, 0.1) is 7.11 Å². The number of carbonyl (C=O) groups is 1. The number of esters is 1. The average molecular weight is 237 g/mol. The van der Waals surface area contributed by atoms with Crippen molar-refractivity contribution in [2.75, 3.05) is 25.1 Å². The molecule has 1 atom stereocenters. The van der Waals surface area contributed by atoms with Crippen LogP contribution in [0.15, 0.2) is 24.3 Å². The van der Waals surface area contributed by atoms with Gasteiger partial charge in [0, 0.05) is 18.8 Å². The molecule has 0 amide bonds. The highest BCUT2D eigenvalue weighted by molar-refractivity contribution is 5.76. The first-order valence-electron chi connectivity index (χ1n) is 5.74. The fourth-order valence-corrected chi connectivity index (χ4v) is 1.70. The van der Waals surface area contributed by atoms with Crippen molar-refractivity contribution in [1.82, 2.24) is 0 Å². The van der Waals surface area contributed by atoms with Crippen LogP contribution in [0.2, 0.25) is 0 Å². The van der Waals surface area contributed by atoms with Crippen LogP contribution in [-0.4, -0.2) is 31.3 Å². The van der Waals surface area contributed by atoms with E-state index in [2.05, 4.69) is 23.5 Å². The molecule has 1 aromatic carbocycles. The van der Waals surface area contributed by atoms with Crippen LogP contribution < -0.4 is 4.90 Å². The third-order valence-electron chi connectivity index (χ3n) is 2.76. The molecule has 0 aliphatic heterocycles. The highest BCUT2D eigenvalue weighted by Crippen LogP contribution is 2.19. The van der Waals surface area contributed by atoms with E-state index in [-0.39, 0.29) is 0 Å². The molecule has 0 radical (unpaired) electrons. The minimum Gasteiger partial charge on any atom is -0.467 e. The number of ether oxygens (including phenoxy) is 1. The Morgan fingerprint density at radius 1 is 1.29 bits per heavy atom. The fraction of sp³-hybridized carbons (Fsp3) is 0.462. The van der Waals surface area contributed by atoms with Gasteiger partial charge in [0.2, 0.25) is 0 Å². The van der Waals surface area contributed by atoms with Crippen molar-refractivity contribution in [1.29, 1.82) is 0 Å². The molecule has 0 aliphatic carbocycles. The second-order valence-electron chi connectivity index (χ2n) is 3.69. The van der Waals surface area contributed by atoms with Gasteiger partial charge >= 0.3 is 5.97 Å². The lowest BCUT2D eigenvalue weighted by molar-refractivity contribution is -0.150. The van der Waals surface area contributed by atoms with E-state index in [0.29, 0.717) is 5.56 Å². The number of anilines is 1. The molecular formula is C13H19NO3. The van der Waals surface area contributed by atoms with Crippen molar-refractivity contribution >= 4 is 11.7 Å². The van der Waals surface area contributed by atoms with Crippen LogP contribution in [0.1, 0.15) is 25.5 Å². The van der Waals surface area contributed by atoms with Crippen molar-refractivity contribution in [3.8, 4) is 0 Å². The summed E-state index contributed by atoms with van der Waals surface area (Å²) in [5, 5.41) is 9.64. The molecule has 0 saturated carbocycles. The lowest BCUT2D eigenvalue weighted by atomic mass is 10.1. The predicted octanol–water partition coefficient (Wildman–Crippen LogP) is 1.74. The molecule has 17 heavy (non-hydrogen) atoms. The van der Waals surface area contributed by atoms with E-state index in [1.165, 1.54) is 7.11 Å². The van der Waals surface area contributed by atoms with Crippen LogP contribution in [0.4, 0.5) is 5.69 Å². The third kappa shape index (κ3) is 3.20. The minimum absolute atomic E-state index is 0.549. The van der Waals surface area contributed by atoms with Crippen molar-refractivity contribution in [3.63, 3.8) is 0 Å². The number of aliphatic hydroxyl groups excluding tert-OH is 1. The molecular weight excluding hydrogens is 218 g/mol. The molecule has 1 unspecified atom stereocenters. The monoisotopic (exact) mass is 237 g/mol. The van der Waals surface area contributed by atoms with E-state index in [4.69, 9.17) is 0 Å². The molecule has 0 spiro atoms. The Morgan fingerprint density at radius 2 is 1.82 bits per heavy atom. The maximum Gasteiger partial charge on any atom is 0.339 e. The Balaban J connectivity index is 2.84.